The molecule has 0 radical (unpaired) electrons. The van der Waals surface area contributed by atoms with Crippen molar-refractivity contribution in [1.29, 1.82) is 0 Å². The first-order valence-corrected chi connectivity index (χ1v) is 10.4. The van der Waals surface area contributed by atoms with Gasteiger partial charge in [0.15, 0.2) is 9.84 Å². The van der Waals surface area contributed by atoms with Crippen molar-refractivity contribution < 1.29 is 13.2 Å². The number of nitrogens with one attached hydrogen (secondary N) is 1. The molecule has 140 valence electrons. The van der Waals surface area contributed by atoms with Crippen molar-refractivity contribution in [3.05, 3.63) is 34.2 Å². The molecule has 1 saturated heterocycles. The van der Waals surface area contributed by atoms with Gasteiger partial charge in [-0.2, -0.15) is 0 Å². The van der Waals surface area contributed by atoms with E-state index in [0.717, 1.165) is 5.69 Å². The molecule has 1 fully saturated rings. The molecule has 1 N–H and O–H groups in total. The second kappa shape index (κ2) is 8.62. The summed E-state index contributed by atoms with van der Waals surface area (Å²) in [5.41, 5.74) is 0.881. The van der Waals surface area contributed by atoms with Crippen LogP contribution in [0, 0.1) is 6.92 Å². The van der Waals surface area contributed by atoms with Crippen LogP contribution < -0.4 is 10.9 Å². The molecule has 0 spiro atoms. The average Bonchev–Trinajstić information content (AvgIpc) is 2.91. The first-order valence-electron chi connectivity index (χ1n) is 8.62. The highest BCUT2D eigenvalue weighted by atomic mass is 32.2. The minimum absolute atomic E-state index is 0.0192. The minimum atomic E-state index is -2.90. The Bertz CT molecular complexity index is 757. The Hall–Kier alpha value is -1.67. The molecule has 7 nitrogen and oxygen atoms in total. The quantitative estimate of drug-likeness (QED) is 0.660. The number of carbonyl (C=O) groups is 1. The molecule has 0 aliphatic carbocycles. The molecule has 2 rings (SSSR count). The van der Waals surface area contributed by atoms with Gasteiger partial charge in [0.05, 0.1) is 11.5 Å². The highest BCUT2D eigenvalue weighted by Crippen LogP contribution is 2.16. The molecule has 0 saturated carbocycles. The van der Waals surface area contributed by atoms with E-state index in [0.29, 0.717) is 38.9 Å². The Kier molecular flexibility index (Phi) is 6.78. The fraction of sp³-hybridized carbons (Fsp3) is 0.647. The summed E-state index contributed by atoms with van der Waals surface area (Å²) in [5.74, 6) is 0.382. The van der Waals surface area contributed by atoms with E-state index in [9.17, 15) is 18.0 Å². The summed E-state index contributed by atoms with van der Waals surface area (Å²) in [5, 5.41) is 2.85. The lowest BCUT2D eigenvalue weighted by Crippen LogP contribution is -2.36. The molecule has 1 aromatic rings. The Morgan fingerprint density at radius 3 is 2.80 bits per heavy atom. The van der Waals surface area contributed by atoms with E-state index < -0.39 is 9.84 Å². The van der Waals surface area contributed by atoms with Crippen molar-refractivity contribution in [3.8, 4) is 0 Å². The molecule has 2 heterocycles. The number of rotatable bonds is 8. The van der Waals surface area contributed by atoms with Crippen LogP contribution in [-0.4, -0.2) is 61.5 Å². The third kappa shape index (κ3) is 5.97. The van der Waals surface area contributed by atoms with Crippen LogP contribution >= 0.6 is 0 Å². The van der Waals surface area contributed by atoms with Gasteiger partial charge in [-0.05, 0) is 32.9 Å². The number of amides is 1. The predicted molar refractivity (Wildman–Crippen MR) is 97.4 cm³/mol. The van der Waals surface area contributed by atoms with Gasteiger partial charge in [0.1, 0.15) is 0 Å². The maximum Gasteiger partial charge on any atom is 0.250 e. The Morgan fingerprint density at radius 1 is 1.40 bits per heavy atom. The van der Waals surface area contributed by atoms with Gasteiger partial charge in [0.25, 0.3) is 5.56 Å². The number of sulfone groups is 1. The first-order chi connectivity index (χ1) is 11.8. The SMILES string of the molecule is Cc1cccc(=O)n1CCCNC(=O)CCN(C)C1CCS(=O)(=O)C1. The second-order valence-electron chi connectivity index (χ2n) is 6.65. The van der Waals surface area contributed by atoms with Gasteiger partial charge in [0, 0.05) is 43.9 Å². The van der Waals surface area contributed by atoms with Gasteiger partial charge in [-0.15, -0.1) is 0 Å². The molecular formula is C17H27N3O4S. The lowest BCUT2D eigenvalue weighted by Gasteiger charge is -2.22. The zero-order valence-electron chi connectivity index (χ0n) is 14.9. The van der Waals surface area contributed by atoms with Gasteiger partial charge in [-0.3, -0.25) is 9.59 Å². The van der Waals surface area contributed by atoms with E-state index >= 15 is 0 Å². The van der Waals surface area contributed by atoms with Crippen LogP contribution in [0.15, 0.2) is 23.0 Å². The van der Waals surface area contributed by atoms with Gasteiger partial charge in [-0.1, -0.05) is 6.07 Å². The fourth-order valence-corrected chi connectivity index (χ4v) is 4.85. The van der Waals surface area contributed by atoms with Gasteiger partial charge in [0.2, 0.25) is 5.91 Å². The normalized spacial score (nSPS) is 19.2. The molecule has 1 atom stereocenters. The molecule has 1 unspecified atom stereocenters. The summed E-state index contributed by atoms with van der Waals surface area (Å²) in [6.07, 6.45) is 1.68. The first kappa shape index (κ1) is 19.7. The summed E-state index contributed by atoms with van der Waals surface area (Å²) in [7, 11) is -1.04. The van der Waals surface area contributed by atoms with Crippen molar-refractivity contribution in [2.75, 3.05) is 31.6 Å². The van der Waals surface area contributed by atoms with E-state index in [4.69, 9.17) is 0 Å². The molecule has 1 amide bonds. The molecule has 1 aromatic heterocycles. The molecule has 25 heavy (non-hydrogen) atoms. The van der Waals surface area contributed by atoms with E-state index in [2.05, 4.69) is 5.32 Å². The highest BCUT2D eigenvalue weighted by molar-refractivity contribution is 7.91. The van der Waals surface area contributed by atoms with Crippen LogP contribution in [0.1, 0.15) is 25.0 Å². The Morgan fingerprint density at radius 2 is 2.16 bits per heavy atom. The van der Waals surface area contributed by atoms with Crippen LogP contribution in [0.2, 0.25) is 0 Å². The molecule has 0 aromatic carbocycles. The summed E-state index contributed by atoms with van der Waals surface area (Å²) in [6.45, 7) is 3.52. The monoisotopic (exact) mass is 369 g/mol. The minimum Gasteiger partial charge on any atom is -0.356 e. The summed E-state index contributed by atoms with van der Waals surface area (Å²) >= 11 is 0. The van der Waals surface area contributed by atoms with Crippen molar-refractivity contribution in [2.45, 2.75) is 38.8 Å². The van der Waals surface area contributed by atoms with Crippen LogP contribution in [0.3, 0.4) is 0 Å². The van der Waals surface area contributed by atoms with E-state index in [1.165, 1.54) is 6.07 Å². The van der Waals surface area contributed by atoms with E-state index in [1.807, 2.05) is 24.9 Å². The number of aryl methyl sites for hydroxylation is 1. The Balaban J connectivity index is 1.65. The molecule has 1 aliphatic rings. The van der Waals surface area contributed by atoms with Crippen molar-refractivity contribution in [1.82, 2.24) is 14.8 Å². The van der Waals surface area contributed by atoms with E-state index in [-0.39, 0.29) is 29.0 Å². The van der Waals surface area contributed by atoms with Crippen LogP contribution in [0.5, 0.6) is 0 Å². The summed E-state index contributed by atoms with van der Waals surface area (Å²) in [4.78, 5) is 25.6. The van der Waals surface area contributed by atoms with Gasteiger partial charge < -0.3 is 14.8 Å². The number of aromatic nitrogens is 1. The fourth-order valence-electron chi connectivity index (χ4n) is 3.05. The van der Waals surface area contributed by atoms with Crippen LogP contribution in [0.4, 0.5) is 0 Å². The highest BCUT2D eigenvalue weighted by Gasteiger charge is 2.30. The summed E-state index contributed by atoms with van der Waals surface area (Å²) < 4.78 is 24.7. The predicted octanol–water partition coefficient (Wildman–Crippen LogP) is 0.172. The number of hydrogen-bond donors (Lipinski definition) is 1. The molecule has 0 bridgehead atoms. The van der Waals surface area contributed by atoms with Gasteiger partial charge >= 0.3 is 0 Å². The van der Waals surface area contributed by atoms with Gasteiger partial charge in [-0.25, -0.2) is 8.42 Å². The largest absolute Gasteiger partial charge is 0.356 e. The summed E-state index contributed by atoms with van der Waals surface area (Å²) in [6, 6.07) is 5.18. The number of pyridine rings is 1. The lowest BCUT2D eigenvalue weighted by molar-refractivity contribution is -0.121. The smallest absolute Gasteiger partial charge is 0.250 e. The zero-order chi connectivity index (χ0) is 18.4. The number of hydrogen-bond acceptors (Lipinski definition) is 5. The number of carbonyl (C=O) groups excluding carboxylic acids is 1. The Labute approximate surface area is 148 Å². The van der Waals surface area contributed by atoms with Crippen LogP contribution in [0.25, 0.3) is 0 Å². The second-order valence-corrected chi connectivity index (χ2v) is 8.88. The van der Waals surface area contributed by atoms with Crippen LogP contribution in [-0.2, 0) is 21.2 Å². The van der Waals surface area contributed by atoms with Crippen molar-refractivity contribution in [2.24, 2.45) is 0 Å². The number of nitrogens with zero attached hydrogens (tertiary/aromatic N) is 2. The third-order valence-electron chi connectivity index (χ3n) is 4.67. The molecule has 1 aliphatic heterocycles. The lowest BCUT2D eigenvalue weighted by atomic mass is 10.2. The third-order valence-corrected chi connectivity index (χ3v) is 6.42. The average molecular weight is 369 g/mol. The molecule has 8 heteroatoms. The maximum absolute atomic E-state index is 11.9. The molecular weight excluding hydrogens is 342 g/mol. The zero-order valence-corrected chi connectivity index (χ0v) is 15.7. The topological polar surface area (TPSA) is 88.5 Å². The van der Waals surface area contributed by atoms with E-state index in [1.54, 1.807) is 10.6 Å². The van der Waals surface area contributed by atoms with Crippen molar-refractivity contribution in [3.63, 3.8) is 0 Å². The standard InChI is InChI=1S/C17H27N3O4S/c1-14-5-3-6-17(22)20(14)10-4-9-18-16(21)7-11-19(2)15-8-12-25(23,24)13-15/h3,5-6,15H,4,7-13H2,1-2H3,(H,18,21). The van der Waals surface area contributed by atoms with Crippen molar-refractivity contribution >= 4 is 15.7 Å². The maximum atomic E-state index is 11.9.